The van der Waals surface area contributed by atoms with Crippen molar-refractivity contribution in [2.45, 2.75) is 26.8 Å². The van der Waals surface area contributed by atoms with Crippen LogP contribution >= 0.6 is 0 Å². The molecule has 2 aromatic carbocycles. The number of nitrogens with zero attached hydrogens (tertiary/aromatic N) is 2. The van der Waals surface area contributed by atoms with Crippen LogP contribution in [-0.4, -0.2) is 51.6 Å². The quantitative estimate of drug-likeness (QED) is 0.706. The largest absolute Gasteiger partial charge is 0.497 e. The Morgan fingerprint density at radius 1 is 0.964 bits per heavy atom. The molecule has 0 bridgehead atoms. The van der Waals surface area contributed by atoms with E-state index in [2.05, 4.69) is 35.8 Å². The van der Waals surface area contributed by atoms with Crippen molar-refractivity contribution in [3.63, 3.8) is 0 Å². The number of aldehydes is 1. The van der Waals surface area contributed by atoms with Crippen molar-refractivity contribution in [3.8, 4) is 11.5 Å². The number of carbonyl (C=O) groups excluding carboxylic acids is 1. The van der Waals surface area contributed by atoms with Crippen molar-refractivity contribution in [1.29, 1.82) is 0 Å². The number of carbonyl (C=O) groups is 1. The highest BCUT2D eigenvalue weighted by molar-refractivity contribution is 5.79. The number of rotatable bonds is 6. The van der Waals surface area contributed by atoms with Crippen LogP contribution in [0.15, 0.2) is 30.3 Å². The molecule has 1 heterocycles. The van der Waals surface area contributed by atoms with Crippen LogP contribution in [0.5, 0.6) is 11.5 Å². The third kappa shape index (κ3) is 3.99. The van der Waals surface area contributed by atoms with Gasteiger partial charge in [0.05, 0.1) is 14.2 Å². The van der Waals surface area contributed by atoms with Crippen LogP contribution < -0.4 is 14.4 Å². The van der Waals surface area contributed by atoms with E-state index in [0.717, 1.165) is 60.7 Å². The fraction of sp³-hybridized carbons (Fsp3) is 0.435. The first-order valence-electron chi connectivity index (χ1n) is 9.75. The summed E-state index contributed by atoms with van der Waals surface area (Å²) in [5, 5.41) is 0. The van der Waals surface area contributed by atoms with E-state index < -0.39 is 0 Å². The predicted octanol–water partition coefficient (Wildman–Crippen LogP) is 4.02. The number of piperazine rings is 1. The van der Waals surface area contributed by atoms with E-state index >= 15 is 0 Å². The zero-order valence-corrected chi connectivity index (χ0v) is 17.5. The summed E-state index contributed by atoms with van der Waals surface area (Å²) in [7, 11) is 3.37. The third-order valence-corrected chi connectivity index (χ3v) is 5.80. The Balaban J connectivity index is 1.72. The second-order valence-corrected chi connectivity index (χ2v) is 7.42. The van der Waals surface area contributed by atoms with Gasteiger partial charge in [0, 0.05) is 55.1 Å². The smallest absolute Gasteiger partial charge is 0.150 e. The zero-order chi connectivity index (χ0) is 20.3. The molecule has 0 radical (unpaired) electrons. The molecule has 2 aromatic rings. The molecule has 0 N–H and O–H groups in total. The summed E-state index contributed by atoms with van der Waals surface area (Å²) in [6.45, 7) is 10.2. The summed E-state index contributed by atoms with van der Waals surface area (Å²) in [5.74, 6) is 1.67. The molecule has 150 valence electrons. The van der Waals surface area contributed by atoms with E-state index in [1.807, 2.05) is 25.1 Å². The number of anilines is 1. The molecule has 1 atom stereocenters. The van der Waals surface area contributed by atoms with Crippen molar-refractivity contribution in [3.05, 3.63) is 52.6 Å². The summed E-state index contributed by atoms with van der Waals surface area (Å²) < 4.78 is 10.9. The van der Waals surface area contributed by atoms with Crippen molar-refractivity contribution in [1.82, 2.24) is 4.90 Å². The van der Waals surface area contributed by atoms with E-state index in [1.165, 1.54) is 11.3 Å². The number of benzene rings is 2. The molecule has 0 unspecified atom stereocenters. The average Bonchev–Trinajstić information content (AvgIpc) is 2.74. The van der Waals surface area contributed by atoms with E-state index in [4.69, 9.17) is 9.47 Å². The Bertz CT molecular complexity index is 842. The van der Waals surface area contributed by atoms with Crippen molar-refractivity contribution < 1.29 is 14.3 Å². The SMILES string of the molecule is COc1ccc([C@H](C)N2CCN(c3cc(C)c(C=O)cc3C)CC2)c(OC)c1. The highest BCUT2D eigenvalue weighted by Crippen LogP contribution is 2.33. The molecule has 1 fully saturated rings. The van der Waals surface area contributed by atoms with Crippen molar-refractivity contribution >= 4 is 12.0 Å². The molecular formula is C23H30N2O3. The second-order valence-electron chi connectivity index (χ2n) is 7.42. The topological polar surface area (TPSA) is 42.0 Å². The summed E-state index contributed by atoms with van der Waals surface area (Å²) in [5.41, 5.74) is 5.39. The molecular weight excluding hydrogens is 352 g/mol. The van der Waals surface area contributed by atoms with Gasteiger partial charge in [-0.25, -0.2) is 0 Å². The van der Waals surface area contributed by atoms with Crippen LogP contribution in [0.25, 0.3) is 0 Å². The molecule has 1 saturated heterocycles. The molecule has 3 rings (SSSR count). The predicted molar refractivity (Wildman–Crippen MR) is 113 cm³/mol. The lowest BCUT2D eigenvalue weighted by Gasteiger charge is -2.40. The van der Waals surface area contributed by atoms with Gasteiger partial charge < -0.3 is 14.4 Å². The second kappa shape index (κ2) is 8.65. The van der Waals surface area contributed by atoms with Gasteiger partial charge in [0.25, 0.3) is 0 Å². The van der Waals surface area contributed by atoms with Gasteiger partial charge in [0.15, 0.2) is 0 Å². The summed E-state index contributed by atoms with van der Waals surface area (Å²) in [6.07, 6.45) is 0.938. The molecule has 0 saturated carbocycles. The molecule has 5 heteroatoms. The first-order chi connectivity index (χ1) is 13.5. The minimum absolute atomic E-state index is 0.267. The third-order valence-electron chi connectivity index (χ3n) is 5.80. The lowest BCUT2D eigenvalue weighted by Crippen LogP contribution is -2.47. The summed E-state index contributed by atoms with van der Waals surface area (Å²) in [6, 6.07) is 10.4. The van der Waals surface area contributed by atoms with Crippen molar-refractivity contribution in [2.24, 2.45) is 0 Å². The van der Waals surface area contributed by atoms with Crippen LogP contribution in [0.4, 0.5) is 5.69 Å². The normalized spacial score (nSPS) is 16.0. The van der Waals surface area contributed by atoms with Crippen LogP contribution in [0.2, 0.25) is 0 Å². The number of aryl methyl sites for hydroxylation is 2. The number of hydrogen-bond donors (Lipinski definition) is 0. The molecule has 0 aliphatic carbocycles. The van der Waals surface area contributed by atoms with E-state index in [9.17, 15) is 4.79 Å². The number of ether oxygens (including phenoxy) is 2. The van der Waals surface area contributed by atoms with Gasteiger partial charge in [-0.05, 0) is 50.1 Å². The maximum atomic E-state index is 11.2. The van der Waals surface area contributed by atoms with Crippen LogP contribution in [-0.2, 0) is 0 Å². The lowest BCUT2D eigenvalue weighted by atomic mass is 10.0. The van der Waals surface area contributed by atoms with E-state index in [-0.39, 0.29) is 6.04 Å². The van der Waals surface area contributed by atoms with Crippen LogP contribution in [0.3, 0.4) is 0 Å². The zero-order valence-electron chi connectivity index (χ0n) is 17.5. The number of hydrogen-bond acceptors (Lipinski definition) is 5. The molecule has 0 amide bonds. The van der Waals surface area contributed by atoms with Gasteiger partial charge in [-0.2, -0.15) is 0 Å². The lowest BCUT2D eigenvalue weighted by molar-refractivity contribution is 0.112. The summed E-state index contributed by atoms with van der Waals surface area (Å²) in [4.78, 5) is 16.1. The Morgan fingerprint density at radius 2 is 1.68 bits per heavy atom. The molecule has 1 aliphatic heterocycles. The van der Waals surface area contributed by atoms with Gasteiger partial charge in [0.2, 0.25) is 0 Å². The Morgan fingerprint density at radius 3 is 2.29 bits per heavy atom. The van der Waals surface area contributed by atoms with Gasteiger partial charge in [-0.3, -0.25) is 9.69 Å². The first-order valence-corrected chi connectivity index (χ1v) is 9.75. The molecule has 5 nitrogen and oxygen atoms in total. The minimum Gasteiger partial charge on any atom is -0.497 e. The standard InChI is InChI=1S/C23H30N2O3/c1-16-13-22(17(2)12-19(16)15-26)25-10-8-24(9-11-25)18(3)21-7-6-20(27-4)14-23(21)28-5/h6-7,12-15,18H,8-11H2,1-5H3/t18-/m0/s1. The van der Waals surface area contributed by atoms with Gasteiger partial charge >= 0.3 is 0 Å². The maximum absolute atomic E-state index is 11.2. The Labute approximate surface area is 167 Å². The Hall–Kier alpha value is -2.53. The van der Waals surface area contributed by atoms with Gasteiger partial charge in [-0.15, -0.1) is 0 Å². The van der Waals surface area contributed by atoms with E-state index in [0.29, 0.717) is 0 Å². The first kappa shape index (κ1) is 20.2. The van der Waals surface area contributed by atoms with Crippen LogP contribution in [0.1, 0.15) is 40.0 Å². The fourth-order valence-corrected chi connectivity index (χ4v) is 4.00. The fourth-order valence-electron chi connectivity index (χ4n) is 4.00. The van der Waals surface area contributed by atoms with Gasteiger partial charge in [0.1, 0.15) is 17.8 Å². The van der Waals surface area contributed by atoms with Crippen molar-refractivity contribution in [2.75, 3.05) is 45.3 Å². The highest BCUT2D eigenvalue weighted by Gasteiger charge is 2.25. The molecule has 0 spiro atoms. The number of methoxy groups -OCH3 is 2. The van der Waals surface area contributed by atoms with Gasteiger partial charge in [-0.1, -0.05) is 6.07 Å². The van der Waals surface area contributed by atoms with E-state index in [1.54, 1.807) is 14.2 Å². The molecule has 0 aromatic heterocycles. The Kier molecular flexibility index (Phi) is 6.25. The molecule has 28 heavy (non-hydrogen) atoms. The monoisotopic (exact) mass is 382 g/mol. The highest BCUT2D eigenvalue weighted by atomic mass is 16.5. The minimum atomic E-state index is 0.267. The summed E-state index contributed by atoms with van der Waals surface area (Å²) >= 11 is 0. The maximum Gasteiger partial charge on any atom is 0.150 e. The average molecular weight is 383 g/mol. The van der Waals surface area contributed by atoms with Crippen LogP contribution in [0, 0.1) is 13.8 Å². The molecule has 1 aliphatic rings.